The molecular weight excluding hydrogens is 296 g/mol. The molecule has 118 valence electrons. The summed E-state index contributed by atoms with van der Waals surface area (Å²) in [5, 5.41) is 5.50. The molecule has 2 N–H and O–H groups in total. The molecule has 0 aromatic heterocycles. The second kappa shape index (κ2) is 10.7. The molecule has 0 saturated carbocycles. The maximum atomic E-state index is 12.1. The Balaban J connectivity index is 2.48. The first-order chi connectivity index (χ1) is 10.7. The topological polar surface area (TPSA) is 58.2 Å². The molecule has 0 fully saturated rings. The van der Waals surface area contributed by atoms with Gasteiger partial charge in [-0.05, 0) is 30.6 Å². The van der Waals surface area contributed by atoms with Crippen LogP contribution in [0.25, 0.3) is 0 Å². The van der Waals surface area contributed by atoms with Crippen molar-refractivity contribution in [2.24, 2.45) is 0 Å². The van der Waals surface area contributed by atoms with E-state index in [4.69, 9.17) is 0 Å². The summed E-state index contributed by atoms with van der Waals surface area (Å²) in [7, 11) is 0. The summed E-state index contributed by atoms with van der Waals surface area (Å²) in [4.78, 5) is 23.6. The van der Waals surface area contributed by atoms with Crippen LogP contribution >= 0.6 is 11.8 Å². The second-order valence-electron chi connectivity index (χ2n) is 4.64. The Morgan fingerprint density at radius 1 is 1.27 bits per heavy atom. The normalized spacial score (nSPS) is 11.0. The summed E-state index contributed by atoms with van der Waals surface area (Å²) in [6, 6.07) is 9.11. The van der Waals surface area contributed by atoms with Gasteiger partial charge in [-0.15, -0.1) is 0 Å². The third-order valence-corrected chi connectivity index (χ3v) is 3.58. The monoisotopic (exact) mass is 318 g/mol. The highest BCUT2D eigenvalue weighted by molar-refractivity contribution is 7.98. The Kier molecular flexibility index (Phi) is 8.85. The van der Waals surface area contributed by atoms with Gasteiger partial charge in [-0.2, -0.15) is 11.8 Å². The highest BCUT2D eigenvalue weighted by atomic mass is 32.2. The lowest BCUT2D eigenvalue weighted by Crippen LogP contribution is -2.47. The van der Waals surface area contributed by atoms with Gasteiger partial charge in [-0.1, -0.05) is 37.0 Å². The van der Waals surface area contributed by atoms with Gasteiger partial charge in [0.05, 0.1) is 6.54 Å². The van der Waals surface area contributed by atoms with Crippen molar-refractivity contribution in [3.05, 3.63) is 35.9 Å². The van der Waals surface area contributed by atoms with Gasteiger partial charge in [0.15, 0.2) is 0 Å². The number of rotatable bonds is 7. The van der Waals surface area contributed by atoms with Crippen molar-refractivity contribution in [1.29, 1.82) is 0 Å². The van der Waals surface area contributed by atoms with Gasteiger partial charge < -0.3 is 10.6 Å². The van der Waals surface area contributed by atoms with Crippen LogP contribution in [-0.4, -0.2) is 36.4 Å². The number of benzene rings is 1. The van der Waals surface area contributed by atoms with Crippen LogP contribution in [0.3, 0.4) is 0 Å². The van der Waals surface area contributed by atoms with E-state index in [1.54, 1.807) is 18.7 Å². The van der Waals surface area contributed by atoms with Crippen molar-refractivity contribution in [3.63, 3.8) is 0 Å². The second-order valence-corrected chi connectivity index (χ2v) is 5.63. The lowest BCUT2D eigenvalue weighted by atomic mass is 10.2. The Labute approximate surface area is 136 Å². The molecule has 0 aliphatic rings. The molecule has 2 amide bonds. The van der Waals surface area contributed by atoms with E-state index in [9.17, 15) is 9.59 Å². The molecule has 0 radical (unpaired) electrons. The van der Waals surface area contributed by atoms with E-state index in [-0.39, 0.29) is 18.4 Å². The summed E-state index contributed by atoms with van der Waals surface area (Å²) in [6.45, 7) is 2.04. The SMILES string of the molecule is CCC(=O)N[C@@H](CCSC)C(=O)NCC#Cc1ccccc1. The molecular formula is C17H22N2O2S. The van der Waals surface area contributed by atoms with Crippen molar-refractivity contribution < 1.29 is 9.59 Å². The van der Waals surface area contributed by atoms with Crippen LogP contribution in [0, 0.1) is 11.8 Å². The van der Waals surface area contributed by atoms with Crippen molar-refractivity contribution >= 4 is 23.6 Å². The number of nitrogens with one attached hydrogen (secondary N) is 2. The van der Waals surface area contributed by atoms with Crippen molar-refractivity contribution in [2.75, 3.05) is 18.6 Å². The molecule has 0 unspecified atom stereocenters. The zero-order valence-electron chi connectivity index (χ0n) is 13.0. The first-order valence-corrected chi connectivity index (χ1v) is 8.66. The number of carbonyl (C=O) groups is 2. The van der Waals surface area contributed by atoms with E-state index in [1.165, 1.54) is 0 Å². The molecule has 4 nitrogen and oxygen atoms in total. The van der Waals surface area contributed by atoms with Gasteiger partial charge in [0.1, 0.15) is 6.04 Å². The summed E-state index contributed by atoms with van der Waals surface area (Å²) in [5.41, 5.74) is 0.912. The van der Waals surface area contributed by atoms with Gasteiger partial charge >= 0.3 is 0 Å². The predicted octanol–water partition coefficient (Wildman–Crippen LogP) is 1.80. The number of hydrogen-bond acceptors (Lipinski definition) is 3. The van der Waals surface area contributed by atoms with E-state index in [1.807, 2.05) is 36.6 Å². The third kappa shape index (κ3) is 7.19. The molecule has 0 aliphatic carbocycles. The molecule has 0 heterocycles. The molecule has 22 heavy (non-hydrogen) atoms. The molecule has 1 rings (SSSR count). The Morgan fingerprint density at radius 3 is 2.64 bits per heavy atom. The first-order valence-electron chi connectivity index (χ1n) is 7.27. The quantitative estimate of drug-likeness (QED) is 0.754. The first kappa shape index (κ1) is 18.1. The summed E-state index contributed by atoms with van der Waals surface area (Å²) < 4.78 is 0. The average Bonchev–Trinajstić information content (AvgIpc) is 2.55. The van der Waals surface area contributed by atoms with Gasteiger partial charge in [-0.25, -0.2) is 0 Å². The van der Waals surface area contributed by atoms with Crippen LogP contribution < -0.4 is 10.6 Å². The van der Waals surface area contributed by atoms with E-state index < -0.39 is 6.04 Å². The van der Waals surface area contributed by atoms with Gasteiger partial charge in [-0.3, -0.25) is 9.59 Å². The maximum absolute atomic E-state index is 12.1. The van der Waals surface area contributed by atoms with Crippen molar-refractivity contribution in [3.8, 4) is 11.8 Å². The van der Waals surface area contributed by atoms with Crippen LogP contribution in [-0.2, 0) is 9.59 Å². The van der Waals surface area contributed by atoms with Crippen LogP contribution in [0.15, 0.2) is 30.3 Å². The Morgan fingerprint density at radius 2 is 2.00 bits per heavy atom. The fourth-order valence-corrected chi connectivity index (χ4v) is 2.19. The maximum Gasteiger partial charge on any atom is 0.243 e. The standard InChI is InChI=1S/C17H22N2O2S/c1-3-16(20)19-15(11-13-22-2)17(21)18-12-7-10-14-8-5-4-6-9-14/h4-6,8-9,15H,3,11-13H2,1-2H3,(H,18,21)(H,19,20)/t15-/m0/s1. The lowest BCUT2D eigenvalue weighted by Gasteiger charge is -2.16. The highest BCUT2D eigenvalue weighted by Gasteiger charge is 2.18. The highest BCUT2D eigenvalue weighted by Crippen LogP contribution is 2.01. The zero-order valence-corrected chi connectivity index (χ0v) is 13.8. The van der Waals surface area contributed by atoms with Gasteiger partial charge in [0, 0.05) is 12.0 Å². The fraction of sp³-hybridized carbons (Fsp3) is 0.412. The molecule has 0 spiro atoms. The number of carbonyl (C=O) groups excluding carboxylic acids is 2. The molecule has 1 aromatic carbocycles. The summed E-state index contributed by atoms with van der Waals surface area (Å²) in [6.07, 6.45) is 2.96. The molecule has 1 atom stereocenters. The van der Waals surface area contributed by atoms with E-state index >= 15 is 0 Å². The van der Waals surface area contributed by atoms with Crippen molar-refractivity contribution in [1.82, 2.24) is 10.6 Å². The minimum Gasteiger partial charge on any atom is -0.344 e. The number of hydrogen-bond donors (Lipinski definition) is 2. The van der Waals surface area contributed by atoms with E-state index in [2.05, 4.69) is 22.5 Å². The molecule has 5 heteroatoms. The minimum absolute atomic E-state index is 0.114. The van der Waals surface area contributed by atoms with Crippen LogP contribution in [0.1, 0.15) is 25.3 Å². The predicted molar refractivity (Wildman–Crippen MR) is 91.6 cm³/mol. The van der Waals surface area contributed by atoms with E-state index in [0.717, 1.165) is 11.3 Å². The third-order valence-electron chi connectivity index (χ3n) is 2.94. The Hall–Kier alpha value is -1.93. The number of amides is 2. The van der Waals surface area contributed by atoms with Crippen LogP contribution in [0.4, 0.5) is 0 Å². The molecule has 0 saturated heterocycles. The van der Waals surface area contributed by atoms with E-state index in [0.29, 0.717) is 12.8 Å². The summed E-state index contributed by atoms with van der Waals surface area (Å²) >= 11 is 1.65. The Bertz CT molecular complexity index is 535. The molecule has 0 bridgehead atoms. The smallest absolute Gasteiger partial charge is 0.243 e. The molecule has 1 aromatic rings. The zero-order chi connectivity index (χ0) is 16.2. The minimum atomic E-state index is -0.488. The molecule has 0 aliphatic heterocycles. The van der Waals surface area contributed by atoms with Crippen LogP contribution in [0.5, 0.6) is 0 Å². The number of thioether (sulfide) groups is 1. The summed E-state index contributed by atoms with van der Waals surface area (Å²) in [5.74, 6) is 6.41. The average molecular weight is 318 g/mol. The van der Waals surface area contributed by atoms with Crippen LogP contribution in [0.2, 0.25) is 0 Å². The van der Waals surface area contributed by atoms with Gasteiger partial charge in [0.2, 0.25) is 11.8 Å². The largest absolute Gasteiger partial charge is 0.344 e. The fourth-order valence-electron chi connectivity index (χ4n) is 1.72. The van der Waals surface area contributed by atoms with Gasteiger partial charge in [0.25, 0.3) is 0 Å². The van der Waals surface area contributed by atoms with Crippen molar-refractivity contribution in [2.45, 2.75) is 25.8 Å². The lowest BCUT2D eigenvalue weighted by molar-refractivity contribution is -0.128.